The Hall–Kier alpha value is -4.37. The van der Waals surface area contributed by atoms with Crippen molar-refractivity contribution in [1.29, 1.82) is 0 Å². The van der Waals surface area contributed by atoms with Crippen LogP contribution in [0.15, 0.2) is 71.8 Å². The summed E-state index contributed by atoms with van der Waals surface area (Å²) >= 11 is 6.13. The number of carbonyl (C=O) groups excluding carboxylic acids is 2. The molecule has 10 heteroatoms. The number of aromatic nitrogens is 2. The van der Waals surface area contributed by atoms with Crippen LogP contribution >= 0.6 is 11.6 Å². The van der Waals surface area contributed by atoms with Gasteiger partial charge in [-0.15, -0.1) is 0 Å². The van der Waals surface area contributed by atoms with Crippen LogP contribution in [0.3, 0.4) is 0 Å². The quantitative estimate of drug-likeness (QED) is 0.334. The second kappa shape index (κ2) is 9.41. The molecule has 2 heterocycles. The SMILES string of the molecule is C=CC(=O)Nc1cc(Nc2nc3cc(Oc4ccnc(C(=O)NC)c4)ccc3o2)ccc1Cl. The lowest BCUT2D eigenvalue weighted by Gasteiger charge is -2.08. The average Bonchev–Trinajstić information content (AvgIpc) is 3.22. The maximum absolute atomic E-state index is 11.8. The Labute approximate surface area is 193 Å². The molecule has 0 aliphatic carbocycles. The summed E-state index contributed by atoms with van der Waals surface area (Å²) in [5, 5.41) is 8.57. The molecule has 0 atom stereocenters. The predicted molar refractivity (Wildman–Crippen MR) is 125 cm³/mol. The number of oxazole rings is 1. The number of fused-ring (bicyclic) bond motifs is 1. The highest BCUT2D eigenvalue weighted by Gasteiger charge is 2.11. The molecule has 2 aromatic carbocycles. The maximum Gasteiger partial charge on any atom is 0.300 e. The van der Waals surface area contributed by atoms with Crippen LogP contribution in [0.5, 0.6) is 11.5 Å². The molecule has 2 amide bonds. The van der Waals surface area contributed by atoms with E-state index in [2.05, 4.69) is 32.5 Å². The Morgan fingerprint density at radius 3 is 2.73 bits per heavy atom. The van der Waals surface area contributed by atoms with E-state index < -0.39 is 0 Å². The van der Waals surface area contributed by atoms with Crippen molar-refractivity contribution in [1.82, 2.24) is 15.3 Å². The number of amides is 2. The molecule has 0 saturated heterocycles. The summed E-state index contributed by atoms with van der Waals surface area (Å²) in [5.41, 5.74) is 2.38. The van der Waals surface area contributed by atoms with Crippen LogP contribution in [0.2, 0.25) is 5.02 Å². The fourth-order valence-corrected chi connectivity index (χ4v) is 3.06. The van der Waals surface area contributed by atoms with E-state index in [1.54, 1.807) is 48.5 Å². The minimum absolute atomic E-state index is 0.246. The van der Waals surface area contributed by atoms with Gasteiger partial charge < -0.3 is 25.1 Å². The van der Waals surface area contributed by atoms with Gasteiger partial charge in [-0.25, -0.2) is 0 Å². The number of hydrogen-bond acceptors (Lipinski definition) is 7. The summed E-state index contributed by atoms with van der Waals surface area (Å²) in [5.74, 6) is 0.287. The van der Waals surface area contributed by atoms with Gasteiger partial charge in [-0.05, 0) is 42.5 Å². The molecule has 3 N–H and O–H groups in total. The van der Waals surface area contributed by atoms with Crippen LogP contribution in [0.1, 0.15) is 10.5 Å². The highest BCUT2D eigenvalue weighted by molar-refractivity contribution is 6.34. The predicted octanol–water partition coefficient (Wildman–Crippen LogP) is 4.90. The van der Waals surface area contributed by atoms with Crippen molar-refractivity contribution < 1.29 is 18.7 Å². The first-order chi connectivity index (χ1) is 15.9. The molecule has 33 heavy (non-hydrogen) atoms. The van der Waals surface area contributed by atoms with E-state index in [1.165, 1.54) is 13.2 Å². The van der Waals surface area contributed by atoms with Crippen LogP contribution in [0.4, 0.5) is 17.4 Å². The van der Waals surface area contributed by atoms with Crippen LogP contribution in [-0.2, 0) is 4.79 Å². The second-order valence-electron chi connectivity index (χ2n) is 6.72. The zero-order chi connectivity index (χ0) is 23.4. The third-order valence-electron chi connectivity index (χ3n) is 4.45. The molecule has 166 valence electrons. The zero-order valence-corrected chi connectivity index (χ0v) is 18.1. The summed E-state index contributed by atoms with van der Waals surface area (Å²) in [6.07, 6.45) is 2.65. The molecule has 0 bridgehead atoms. The van der Waals surface area contributed by atoms with Crippen LogP contribution in [-0.4, -0.2) is 28.8 Å². The van der Waals surface area contributed by atoms with Crippen LogP contribution < -0.4 is 20.7 Å². The molecule has 0 saturated carbocycles. The number of rotatable bonds is 7. The number of nitrogens with zero attached hydrogens (tertiary/aromatic N) is 2. The average molecular weight is 464 g/mol. The second-order valence-corrected chi connectivity index (χ2v) is 7.13. The molecule has 0 unspecified atom stereocenters. The Kier molecular flexibility index (Phi) is 6.23. The smallest absolute Gasteiger partial charge is 0.300 e. The van der Waals surface area contributed by atoms with Crippen molar-refractivity contribution in [3.05, 3.63) is 78.1 Å². The van der Waals surface area contributed by atoms with Crippen molar-refractivity contribution >= 4 is 51.9 Å². The van der Waals surface area contributed by atoms with Gasteiger partial charge >= 0.3 is 0 Å². The van der Waals surface area contributed by atoms with E-state index in [0.29, 0.717) is 39.0 Å². The van der Waals surface area contributed by atoms with Gasteiger partial charge in [-0.3, -0.25) is 14.6 Å². The molecular formula is C23H18ClN5O4. The van der Waals surface area contributed by atoms with E-state index in [9.17, 15) is 9.59 Å². The van der Waals surface area contributed by atoms with Crippen molar-refractivity contribution in [3.8, 4) is 11.5 Å². The lowest BCUT2D eigenvalue weighted by atomic mass is 10.2. The molecule has 0 radical (unpaired) electrons. The van der Waals surface area contributed by atoms with Crippen molar-refractivity contribution in [2.24, 2.45) is 0 Å². The number of pyridine rings is 1. The van der Waals surface area contributed by atoms with Crippen molar-refractivity contribution in [3.63, 3.8) is 0 Å². The van der Waals surface area contributed by atoms with Crippen LogP contribution in [0.25, 0.3) is 11.1 Å². The molecule has 0 spiro atoms. The van der Waals surface area contributed by atoms with E-state index in [1.807, 2.05) is 0 Å². The summed E-state index contributed by atoms with van der Waals surface area (Å²) in [6.45, 7) is 3.42. The maximum atomic E-state index is 11.8. The van der Waals surface area contributed by atoms with Gasteiger partial charge in [0.25, 0.3) is 11.9 Å². The molecule has 0 fully saturated rings. The molecule has 0 aliphatic heterocycles. The molecule has 4 aromatic rings. The van der Waals surface area contributed by atoms with Gasteiger partial charge in [-0.2, -0.15) is 4.98 Å². The molecule has 2 aromatic heterocycles. The number of halogens is 1. The fourth-order valence-electron chi connectivity index (χ4n) is 2.89. The lowest BCUT2D eigenvalue weighted by Crippen LogP contribution is -2.18. The van der Waals surface area contributed by atoms with Gasteiger partial charge in [-0.1, -0.05) is 18.2 Å². The van der Waals surface area contributed by atoms with Crippen LogP contribution in [0, 0.1) is 0 Å². The Bertz CT molecular complexity index is 1370. The Morgan fingerprint density at radius 2 is 1.94 bits per heavy atom. The summed E-state index contributed by atoms with van der Waals surface area (Å²) in [7, 11) is 1.53. The summed E-state index contributed by atoms with van der Waals surface area (Å²) in [6, 6.07) is 13.6. The first-order valence-corrected chi connectivity index (χ1v) is 10.1. The number of nitrogens with one attached hydrogen (secondary N) is 3. The number of ether oxygens (including phenoxy) is 1. The fraction of sp³-hybridized carbons (Fsp3) is 0.0435. The topological polar surface area (TPSA) is 118 Å². The third kappa shape index (κ3) is 5.10. The standard InChI is InChI=1S/C23H18ClN5O4/c1-3-21(30)28-17-10-13(4-6-16(17)24)27-23-29-18-11-14(5-7-20(18)33-23)32-15-8-9-26-19(12-15)22(31)25-2/h3-12H,1H2,2H3,(H,25,31)(H,27,29)(H,28,30). The van der Waals surface area contributed by atoms with E-state index in [4.69, 9.17) is 20.8 Å². The first kappa shape index (κ1) is 21.8. The minimum Gasteiger partial charge on any atom is -0.457 e. The van der Waals surface area contributed by atoms with E-state index in [-0.39, 0.29) is 23.5 Å². The number of anilines is 3. The Balaban J connectivity index is 1.53. The molecule has 4 rings (SSSR count). The monoisotopic (exact) mass is 463 g/mol. The third-order valence-corrected chi connectivity index (χ3v) is 4.78. The van der Waals surface area contributed by atoms with Gasteiger partial charge in [0.1, 0.15) is 22.7 Å². The number of carbonyl (C=O) groups is 2. The Morgan fingerprint density at radius 1 is 1.12 bits per heavy atom. The lowest BCUT2D eigenvalue weighted by molar-refractivity contribution is -0.111. The van der Waals surface area contributed by atoms with Crippen molar-refractivity contribution in [2.75, 3.05) is 17.7 Å². The zero-order valence-electron chi connectivity index (χ0n) is 17.4. The number of benzene rings is 2. The first-order valence-electron chi connectivity index (χ1n) is 9.72. The van der Waals surface area contributed by atoms with Gasteiger partial charge in [0.2, 0.25) is 5.91 Å². The normalized spacial score (nSPS) is 10.5. The molecule has 0 aliphatic rings. The molecular weight excluding hydrogens is 446 g/mol. The summed E-state index contributed by atoms with van der Waals surface area (Å²) < 4.78 is 11.6. The van der Waals surface area contributed by atoms with Gasteiger partial charge in [0, 0.05) is 31.1 Å². The highest BCUT2D eigenvalue weighted by atomic mass is 35.5. The van der Waals surface area contributed by atoms with E-state index in [0.717, 1.165) is 6.08 Å². The van der Waals surface area contributed by atoms with Gasteiger partial charge in [0.05, 0.1) is 10.7 Å². The summed E-state index contributed by atoms with van der Waals surface area (Å²) in [4.78, 5) is 31.8. The number of hydrogen-bond donors (Lipinski definition) is 3. The largest absolute Gasteiger partial charge is 0.457 e. The van der Waals surface area contributed by atoms with Gasteiger partial charge in [0.15, 0.2) is 5.58 Å². The minimum atomic E-state index is -0.375. The van der Waals surface area contributed by atoms with Crippen molar-refractivity contribution in [2.45, 2.75) is 0 Å². The highest BCUT2D eigenvalue weighted by Crippen LogP contribution is 2.30. The molecule has 9 nitrogen and oxygen atoms in total. The van der Waals surface area contributed by atoms with E-state index >= 15 is 0 Å².